The monoisotopic (exact) mass is 268 g/mol. The molecular weight excluding hydrogens is 248 g/mol. The highest BCUT2D eigenvalue weighted by molar-refractivity contribution is 6.31. The van der Waals surface area contributed by atoms with Gasteiger partial charge in [-0.2, -0.15) is 0 Å². The molecule has 3 heteroatoms. The van der Waals surface area contributed by atoms with Gasteiger partial charge in [0.15, 0.2) is 0 Å². The predicted octanol–water partition coefficient (Wildman–Crippen LogP) is 4.33. The first kappa shape index (κ1) is 13.7. The van der Waals surface area contributed by atoms with Gasteiger partial charge in [-0.15, -0.1) is 0 Å². The SMILES string of the molecule is CCC(CC1OC1C)c1cc(Cl)c(C)cc1OC. The Bertz CT molecular complexity index is 431. The molecule has 0 N–H and O–H groups in total. The van der Waals surface area contributed by atoms with E-state index in [1.165, 1.54) is 5.56 Å². The molecule has 2 rings (SSSR count). The maximum absolute atomic E-state index is 6.24. The van der Waals surface area contributed by atoms with Gasteiger partial charge in [0.05, 0.1) is 19.3 Å². The lowest BCUT2D eigenvalue weighted by molar-refractivity contribution is 0.352. The van der Waals surface area contributed by atoms with E-state index in [4.69, 9.17) is 21.1 Å². The van der Waals surface area contributed by atoms with Crippen LogP contribution in [0.1, 0.15) is 43.7 Å². The zero-order valence-corrected chi connectivity index (χ0v) is 12.3. The van der Waals surface area contributed by atoms with E-state index >= 15 is 0 Å². The van der Waals surface area contributed by atoms with Crippen molar-refractivity contribution in [2.24, 2.45) is 0 Å². The molecule has 1 aromatic carbocycles. The molecule has 1 saturated heterocycles. The first-order chi connectivity index (χ1) is 8.56. The lowest BCUT2D eigenvalue weighted by Crippen LogP contribution is -2.05. The summed E-state index contributed by atoms with van der Waals surface area (Å²) >= 11 is 6.24. The van der Waals surface area contributed by atoms with Crippen molar-refractivity contribution >= 4 is 11.6 Å². The molecule has 2 nitrogen and oxygen atoms in total. The van der Waals surface area contributed by atoms with Crippen LogP contribution in [0, 0.1) is 6.92 Å². The fourth-order valence-electron chi connectivity index (χ4n) is 2.44. The summed E-state index contributed by atoms with van der Waals surface area (Å²) in [6.07, 6.45) is 2.93. The average Bonchev–Trinajstić information content (AvgIpc) is 3.05. The Morgan fingerprint density at radius 1 is 1.44 bits per heavy atom. The van der Waals surface area contributed by atoms with Gasteiger partial charge in [0, 0.05) is 5.02 Å². The standard InChI is InChI=1S/C15H21ClO2/c1-5-11(7-14-10(3)18-14)12-8-13(16)9(2)6-15(12)17-4/h6,8,10-11,14H,5,7H2,1-4H3. The van der Waals surface area contributed by atoms with Gasteiger partial charge < -0.3 is 9.47 Å². The number of rotatable bonds is 5. The first-order valence-corrected chi connectivity index (χ1v) is 6.94. The third kappa shape index (κ3) is 2.81. The molecule has 1 aliphatic heterocycles. The highest BCUT2D eigenvalue weighted by atomic mass is 35.5. The molecule has 0 spiro atoms. The van der Waals surface area contributed by atoms with Crippen LogP contribution < -0.4 is 4.74 Å². The van der Waals surface area contributed by atoms with Gasteiger partial charge in [-0.1, -0.05) is 18.5 Å². The lowest BCUT2D eigenvalue weighted by atomic mass is 9.90. The van der Waals surface area contributed by atoms with Crippen molar-refractivity contribution in [2.45, 2.75) is 51.7 Å². The Balaban J connectivity index is 2.25. The number of aryl methyl sites for hydroxylation is 1. The van der Waals surface area contributed by atoms with Crippen LogP contribution in [-0.2, 0) is 4.74 Å². The predicted molar refractivity (Wildman–Crippen MR) is 74.7 cm³/mol. The topological polar surface area (TPSA) is 21.8 Å². The van der Waals surface area contributed by atoms with Gasteiger partial charge in [-0.3, -0.25) is 0 Å². The van der Waals surface area contributed by atoms with E-state index in [0.717, 1.165) is 29.2 Å². The summed E-state index contributed by atoms with van der Waals surface area (Å²) in [5.41, 5.74) is 2.27. The van der Waals surface area contributed by atoms with Crippen molar-refractivity contribution in [3.05, 3.63) is 28.3 Å². The second-order valence-corrected chi connectivity index (χ2v) is 5.47. The maximum Gasteiger partial charge on any atom is 0.122 e. The molecule has 0 aliphatic carbocycles. The lowest BCUT2D eigenvalue weighted by Gasteiger charge is -2.19. The average molecular weight is 269 g/mol. The molecule has 1 fully saturated rings. The number of methoxy groups -OCH3 is 1. The van der Waals surface area contributed by atoms with Crippen molar-refractivity contribution in [3.63, 3.8) is 0 Å². The molecule has 100 valence electrons. The van der Waals surface area contributed by atoms with Crippen molar-refractivity contribution < 1.29 is 9.47 Å². The number of benzene rings is 1. The number of epoxide rings is 1. The summed E-state index contributed by atoms with van der Waals surface area (Å²) in [7, 11) is 1.72. The van der Waals surface area contributed by atoms with Crippen LogP contribution in [-0.4, -0.2) is 19.3 Å². The smallest absolute Gasteiger partial charge is 0.122 e. The van der Waals surface area contributed by atoms with E-state index < -0.39 is 0 Å². The summed E-state index contributed by atoms with van der Waals surface area (Å²) in [6, 6.07) is 4.08. The van der Waals surface area contributed by atoms with Crippen molar-refractivity contribution in [2.75, 3.05) is 7.11 Å². The van der Waals surface area contributed by atoms with Gasteiger partial charge in [0.25, 0.3) is 0 Å². The molecule has 3 atom stereocenters. The van der Waals surface area contributed by atoms with Gasteiger partial charge >= 0.3 is 0 Å². The van der Waals surface area contributed by atoms with Gasteiger partial charge in [0.2, 0.25) is 0 Å². The zero-order valence-electron chi connectivity index (χ0n) is 11.5. The second-order valence-electron chi connectivity index (χ2n) is 5.06. The summed E-state index contributed by atoms with van der Waals surface area (Å²) in [6.45, 7) is 6.32. The van der Waals surface area contributed by atoms with Gasteiger partial charge in [-0.25, -0.2) is 0 Å². The van der Waals surface area contributed by atoms with E-state index in [0.29, 0.717) is 18.1 Å². The maximum atomic E-state index is 6.24. The molecule has 3 unspecified atom stereocenters. The third-order valence-corrected chi connectivity index (χ3v) is 4.20. The summed E-state index contributed by atoms with van der Waals surface area (Å²) in [5.74, 6) is 1.39. The Labute approximate surface area is 114 Å². The number of ether oxygens (including phenoxy) is 2. The van der Waals surface area contributed by atoms with Crippen LogP contribution in [0.5, 0.6) is 5.75 Å². The van der Waals surface area contributed by atoms with E-state index in [1.54, 1.807) is 7.11 Å². The second kappa shape index (κ2) is 5.50. The van der Waals surface area contributed by atoms with Crippen molar-refractivity contribution in [1.82, 2.24) is 0 Å². The largest absolute Gasteiger partial charge is 0.496 e. The van der Waals surface area contributed by atoms with Gasteiger partial charge in [-0.05, 0) is 55.9 Å². The van der Waals surface area contributed by atoms with Crippen LogP contribution >= 0.6 is 11.6 Å². The Morgan fingerprint density at radius 3 is 2.61 bits per heavy atom. The highest BCUT2D eigenvalue weighted by Gasteiger charge is 2.36. The normalized spacial score (nSPS) is 23.8. The van der Waals surface area contributed by atoms with Crippen LogP contribution in [0.15, 0.2) is 12.1 Å². The minimum Gasteiger partial charge on any atom is -0.496 e. The summed E-state index contributed by atoms with van der Waals surface area (Å²) in [4.78, 5) is 0. The molecular formula is C15H21ClO2. The zero-order chi connectivity index (χ0) is 13.3. The first-order valence-electron chi connectivity index (χ1n) is 6.56. The highest BCUT2D eigenvalue weighted by Crippen LogP contribution is 2.39. The molecule has 0 amide bonds. The molecule has 0 saturated carbocycles. The Morgan fingerprint density at radius 2 is 2.11 bits per heavy atom. The molecule has 18 heavy (non-hydrogen) atoms. The molecule has 1 aliphatic rings. The third-order valence-electron chi connectivity index (χ3n) is 3.80. The molecule has 0 radical (unpaired) electrons. The number of hydrogen-bond donors (Lipinski definition) is 0. The van der Waals surface area contributed by atoms with E-state index in [1.807, 2.05) is 13.0 Å². The minimum atomic E-state index is 0.403. The van der Waals surface area contributed by atoms with Gasteiger partial charge in [0.1, 0.15) is 5.75 Å². The summed E-state index contributed by atoms with van der Waals surface area (Å²) in [5, 5.41) is 0.814. The van der Waals surface area contributed by atoms with E-state index in [2.05, 4.69) is 19.9 Å². The number of hydrogen-bond acceptors (Lipinski definition) is 2. The fraction of sp³-hybridized carbons (Fsp3) is 0.600. The van der Waals surface area contributed by atoms with Crippen molar-refractivity contribution in [1.29, 1.82) is 0 Å². The van der Waals surface area contributed by atoms with Crippen LogP contribution in [0.25, 0.3) is 0 Å². The Hall–Kier alpha value is -0.730. The molecule has 0 aromatic heterocycles. The van der Waals surface area contributed by atoms with Crippen LogP contribution in [0.2, 0.25) is 5.02 Å². The minimum absolute atomic E-state index is 0.403. The van der Waals surface area contributed by atoms with Crippen molar-refractivity contribution in [3.8, 4) is 5.75 Å². The number of halogens is 1. The Kier molecular flexibility index (Phi) is 4.18. The van der Waals surface area contributed by atoms with Crippen LogP contribution in [0.4, 0.5) is 0 Å². The molecule has 0 bridgehead atoms. The fourth-order valence-corrected chi connectivity index (χ4v) is 2.61. The van der Waals surface area contributed by atoms with Crippen LogP contribution in [0.3, 0.4) is 0 Å². The van der Waals surface area contributed by atoms with E-state index in [-0.39, 0.29) is 0 Å². The quantitative estimate of drug-likeness (QED) is 0.742. The molecule has 1 aromatic rings. The molecule has 1 heterocycles. The van der Waals surface area contributed by atoms with E-state index in [9.17, 15) is 0 Å². The summed E-state index contributed by atoms with van der Waals surface area (Å²) < 4.78 is 11.0.